The van der Waals surface area contributed by atoms with Crippen molar-refractivity contribution in [2.75, 3.05) is 0 Å². The third-order valence-corrected chi connectivity index (χ3v) is 4.01. The number of benzene rings is 2. The molecule has 1 heterocycles. The summed E-state index contributed by atoms with van der Waals surface area (Å²) in [5.74, 6) is -0.242. The second-order valence-corrected chi connectivity index (χ2v) is 5.79. The molecular formula is C16H13Cl2N5O. The predicted molar refractivity (Wildman–Crippen MR) is 94.3 cm³/mol. The number of carbonyl (C=O) groups is 1. The number of hydrogen-bond acceptors (Lipinski definition) is 4. The molecule has 0 aliphatic carbocycles. The normalized spacial score (nSPS) is 11.2. The van der Waals surface area contributed by atoms with E-state index >= 15 is 0 Å². The Labute approximate surface area is 148 Å². The first-order chi connectivity index (χ1) is 11.6. The molecule has 0 saturated carbocycles. The molecule has 0 bridgehead atoms. The fraction of sp³-hybridized carbons (Fsp3) is 0.125. The lowest BCUT2D eigenvalue weighted by atomic mass is 10.2. The molecule has 0 spiro atoms. The number of hydrogen-bond donors (Lipinski definition) is 1. The number of fused-ring (bicyclic) bond motifs is 1. The van der Waals surface area contributed by atoms with E-state index in [0.29, 0.717) is 22.2 Å². The minimum absolute atomic E-state index is 0.223. The van der Waals surface area contributed by atoms with Crippen molar-refractivity contribution in [3.05, 3.63) is 58.1 Å². The number of nitrogens with zero attached hydrogens (tertiary/aromatic N) is 4. The highest BCUT2D eigenvalue weighted by atomic mass is 35.5. The molecule has 3 aromatic rings. The molecular weight excluding hydrogens is 349 g/mol. The van der Waals surface area contributed by atoms with Gasteiger partial charge in [-0.2, -0.15) is 5.10 Å². The molecule has 1 N–H and O–H groups in total. The maximum absolute atomic E-state index is 11.9. The zero-order valence-electron chi connectivity index (χ0n) is 12.5. The van der Waals surface area contributed by atoms with Crippen LogP contribution in [0.3, 0.4) is 0 Å². The first-order valence-electron chi connectivity index (χ1n) is 7.19. The molecule has 0 saturated heterocycles. The first-order valence-corrected chi connectivity index (χ1v) is 7.95. The number of carbonyl (C=O) groups excluding carboxylic acids is 1. The largest absolute Gasteiger partial charge is 0.273 e. The van der Waals surface area contributed by atoms with E-state index in [-0.39, 0.29) is 12.3 Å². The Hall–Kier alpha value is -2.44. The summed E-state index contributed by atoms with van der Waals surface area (Å²) < 4.78 is 1.68. The minimum Gasteiger partial charge on any atom is -0.273 e. The number of aryl methyl sites for hydroxylation is 1. The summed E-state index contributed by atoms with van der Waals surface area (Å²) >= 11 is 12.0. The van der Waals surface area contributed by atoms with Gasteiger partial charge in [0.25, 0.3) is 0 Å². The van der Waals surface area contributed by atoms with Crippen molar-refractivity contribution < 1.29 is 4.79 Å². The second kappa shape index (κ2) is 7.42. The molecule has 2 aromatic carbocycles. The van der Waals surface area contributed by atoms with E-state index in [4.69, 9.17) is 23.2 Å². The Bertz CT molecular complexity index is 886. The minimum atomic E-state index is -0.242. The van der Waals surface area contributed by atoms with Gasteiger partial charge in [0.2, 0.25) is 5.91 Å². The van der Waals surface area contributed by atoms with Gasteiger partial charge in [-0.1, -0.05) is 46.6 Å². The average Bonchev–Trinajstić information content (AvgIpc) is 2.99. The molecule has 0 fully saturated rings. The molecule has 0 aliphatic heterocycles. The molecule has 0 aliphatic rings. The highest BCUT2D eigenvalue weighted by molar-refractivity contribution is 6.38. The quantitative estimate of drug-likeness (QED) is 0.559. The standard InChI is InChI=1S/C16H13Cl2N5O/c17-12-4-3-5-13(18)11(12)10-19-21-16(24)8-9-23-15-7-2-1-6-14(15)20-22-23/h1-7,10H,8-9H2,(H,21,24). The smallest absolute Gasteiger partial charge is 0.241 e. The number of nitrogens with one attached hydrogen (secondary N) is 1. The first kappa shape index (κ1) is 16.4. The van der Waals surface area contributed by atoms with E-state index in [1.54, 1.807) is 22.9 Å². The van der Waals surface area contributed by atoms with Crippen molar-refractivity contribution >= 4 is 46.4 Å². The van der Waals surface area contributed by atoms with Crippen LogP contribution in [0.25, 0.3) is 11.0 Å². The molecule has 24 heavy (non-hydrogen) atoms. The molecule has 1 aromatic heterocycles. The Morgan fingerprint density at radius 1 is 1.17 bits per heavy atom. The van der Waals surface area contributed by atoms with Gasteiger partial charge in [-0.25, -0.2) is 10.1 Å². The van der Waals surface area contributed by atoms with Gasteiger partial charge >= 0.3 is 0 Å². The zero-order chi connectivity index (χ0) is 16.9. The highest BCUT2D eigenvalue weighted by Crippen LogP contribution is 2.21. The summed E-state index contributed by atoms with van der Waals surface area (Å²) in [6.07, 6.45) is 1.65. The molecule has 0 atom stereocenters. The summed E-state index contributed by atoms with van der Waals surface area (Å²) in [5.41, 5.74) is 4.69. The lowest BCUT2D eigenvalue weighted by molar-refractivity contribution is -0.121. The van der Waals surface area contributed by atoms with Crippen LogP contribution in [0.1, 0.15) is 12.0 Å². The third-order valence-electron chi connectivity index (χ3n) is 3.35. The molecule has 8 heteroatoms. The van der Waals surface area contributed by atoms with Gasteiger partial charge in [-0.3, -0.25) is 4.79 Å². The van der Waals surface area contributed by atoms with Gasteiger partial charge in [-0.15, -0.1) is 5.10 Å². The van der Waals surface area contributed by atoms with Crippen LogP contribution in [0.4, 0.5) is 0 Å². The van der Waals surface area contributed by atoms with Crippen molar-refractivity contribution in [2.24, 2.45) is 5.10 Å². The van der Waals surface area contributed by atoms with Crippen LogP contribution in [0.2, 0.25) is 10.0 Å². The third kappa shape index (κ3) is 3.72. The maximum Gasteiger partial charge on any atom is 0.241 e. The predicted octanol–water partition coefficient (Wildman–Crippen LogP) is 3.28. The summed E-state index contributed by atoms with van der Waals surface area (Å²) in [6.45, 7) is 0.411. The molecule has 0 radical (unpaired) electrons. The number of hydrazone groups is 1. The summed E-state index contributed by atoms with van der Waals surface area (Å²) in [4.78, 5) is 11.9. The van der Waals surface area contributed by atoms with Crippen LogP contribution in [-0.2, 0) is 11.3 Å². The van der Waals surface area contributed by atoms with Gasteiger partial charge in [0, 0.05) is 12.0 Å². The number of rotatable bonds is 5. The molecule has 0 unspecified atom stereocenters. The van der Waals surface area contributed by atoms with Crippen LogP contribution in [0.15, 0.2) is 47.6 Å². The lowest BCUT2D eigenvalue weighted by Crippen LogP contribution is -2.19. The van der Waals surface area contributed by atoms with Gasteiger partial charge in [-0.05, 0) is 24.3 Å². The van der Waals surface area contributed by atoms with Gasteiger partial charge < -0.3 is 0 Å². The van der Waals surface area contributed by atoms with Crippen molar-refractivity contribution in [1.29, 1.82) is 0 Å². The Morgan fingerprint density at radius 3 is 2.71 bits per heavy atom. The number of aromatic nitrogens is 3. The Kier molecular flexibility index (Phi) is 5.08. The lowest BCUT2D eigenvalue weighted by Gasteiger charge is -2.03. The SMILES string of the molecule is O=C(CCn1nnc2ccccc21)NN=Cc1c(Cl)cccc1Cl. The average molecular weight is 362 g/mol. The Morgan fingerprint density at radius 2 is 1.92 bits per heavy atom. The summed E-state index contributed by atoms with van der Waals surface area (Å²) in [5, 5.41) is 12.9. The highest BCUT2D eigenvalue weighted by Gasteiger charge is 2.06. The van der Waals surface area contributed by atoms with Crippen LogP contribution < -0.4 is 5.43 Å². The van der Waals surface area contributed by atoms with E-state index in [2.05, 4.69) is 20.8 Å². The second-order valence-electron chi connectivity index (χ2n) is 4.98. The van der Waals surface area contributed by atoms with Crippen LogP contribution in [0, 0.1) is 0 Å². The number of amides is 1. The van der Waals surface area contributed by atoms with Crippen molar-refractivity contribution in [1.82, 2.24) is 20.4 Å². The van der Waals surface area contributed by atoms with Crippen LogP contribution >= 0.6 is 23.2 Å². The fourth-order valence-corrected chi connectivity index (χ4v) is 2.64. The van der Waals surface area contributed by atoms with Crippen molar-refractivity contribution in [2.45, 2.75) is 13.0 Å². The topological polar surface area (TPSA) is 72.2 Å². The fourth-order valence-electron chi connectivity index (χ4n) is 2.15. The van der Waals surface area contributed by atoms with Crippen LogP contribution in [-0.4, -0.2) is 27.1 Å². The van der Waals surface area contributed by atoms with Gasteiger partial charge in [0.05, 0.1) is 28.3 Å². The van der Waals surface area contributed by atoms with E-state index < -0.39 is 0 Å². The van der Waals surface area contributed by atoms with Crippen molar-refractivity contribution in [3.63, 3.8) is 0 Å². The van der Waals surface area contributed by atoms with Crippen LogP contribution in [0.5, 0.6) is 0 Å². The molecule has 122 valence electrons. The summed E-state index contributed by atoms with van der Waals surface area (Å²) in [6, 6.07) is 12.7. The van der Waals surface area contributed by atoms with Gasteiger partial charge in [0.15, 0.2) is 0 Å². The van der Waals surface area contributed by atoms with E-state index in [1.807, 2.05) is 24.3 Å². The molecule has 3 rings (SSSR count). The maximum atomic E-state index is 11.9. The number of halogens is 2. The van der Waals surface area contributed by atoms with E-state index in [9.17, 15) is 4.79 Å². The molecule has 1 amide bonds. The summed E-state index contributed by atoms with van der Waals surface area (Å²) in [7, 11) is 0. The number of para-hydroxylation sites is 1. The van der Waals surface area contributed by atoms with E-state index in [1.165, 1.54) is 6.21 Å². The van der Waals surface area contributed by atoms with Crippen molar-refractivity contribution in [3.8, 4) is 0 Å². The van der Waals surface area contributed by atoms with Gasteiger partial charge in [0.1, 0.15) is 5.52 Å². The van der Waals surface area contributed by atoms with E-state index in [0.717, 1.165) is 11.0 Å². The monoisotopic (exact) mass is 361 g/mol. The molecule has 6 nitrogen and oxygen atoms in total. The Balaban J connectivity index is 1.57. The zero-order valence-corrected chi connectivity index (χ0v) is 14.0.